The molecule has 1 aromatic carbocycles. The van der Waals surface area contributed by atoms with Gasteiger partial charge in [0.1, 0.15) is 5.78 Å². The maximum atomic E-state index is 11.8. The molecule has 106 valence electrons. The largest absolute Gasteiger partial charge is 0.478 e. The number of carboxylic acids is 1. The minimum absolute atomic E-state index is 0.164. The van der Waals surface area contributed by atoms with Crippen LogP contribution in [0.2, 0.25) is 0 Å². The molecule has 1 heterocycles. The van der Waals surface area contributed by atoms with Gasteiger partial charge in [-0.05, 0) is 24.3 Å². The standard InChI is InChI=1S/C14H16N2O4/c17-12-5-7-16(8-6-12)9-13(18)15-11-3-1-10(2-4-11)14(19)20/h1-4H,5-9H2,(H,15,18)(H,19,20). The monoisotopic (exact) mass is 276 g/mol. The summed E-state index contributed by atoms with van der Waals surface area (Å²) in [7, 11) is 0. The average molecular weight is 276 g/mol. The van der Waals surface area contributed by atoms with E-state index in [-0.39, 0.29) is 23.8 Å². The number of nitrogens with one attached hydrogen (secondary N) is 1. The molecule has 6 heteroatoms. The fourth-order valence-corrected chi connectivity index (χ4v) is 2.06. The highest BCUT2D eigenvalue weighted by molar-refractivity contribution is 5.93. The fourth-order valence-electron chi connectivity index (χ4n) is 2.06. The van der Waals surface area contributed by atoms with Gasteiger partial charge in [-0.3, -0.25) is 14.5 Å². The molecule has 1 saturated heterocycles. The van der Waals surface area contributed by atoms with E-state index in [9.17, 15) is 14.4 Å². The predicted octanol–water partition coefficient (Wildman–Crippen LogP) is 0.988. The van der Waals surface area contributed by atoms with E-state index in [4.69, 9.17) is 5.11 Å². The van der Waals surface area contributed by atoms with Crippen LogP contribution in [0.5, 0.6) is 0 Å². The maximum absolute atomic E-state index is 11.8. The molecular formula is C14H16N2O4. The van der Waals surface area contributed by atoms with Gasteiger partial charge in [-0.25, -0.2) is 4.79 Å². The molecule has 2 N–H and O–H groups in total. The van der Waals surface area contributed by atoms with Crippen LogP contribution in [-0.2, 0) is 9.59 Å². The molecule has 1 aromatic rings. The molecule has 1 amide bonds. The van der Waals surface area contributed by atoms with Gasteiger partial charge >= 0.3 is 5.97 Å². The van der Waals surface area contributed by atoms with Gasteiger partial charge in [0, 0.05) is 31.6 Å². The first-order valence-corrected chi connectivity index (χ1v) is 6.42. The van der Waals surface area contributed by atoms with E-state index >= 15 is 0 Å². The number of carbonyl (C=O) groups is 3. The van der Waals surface area contributed by atoms with Crippen molar-refractivity contribution in [2.75, 3.05) is 25.0 Å². The summed E-state index contributed by atoms with van der Waals surface area (Å²) < 4.78 is 0. The molecule has 0 unspecified atom stereocenters. The van der Waals surface area contributed by atoms with Crippen molar-refractivity contribution in [2.45, 2.75) is 12.8 Å². The number of carbonyl (C=O) groups excluding carboxylic acids is 2. The van der Waals surface area contributed by atoms with E-state index in [2.05, 4.69) is 5.32 Å². The Morgan fingerprint density at radius 2 is 1.75 bits per heavy atom. The Morgan fingerprint density at radius 3 is 2.30 bits per heavy atom. The normalized spacial score (nSPS) is 15.9. The van der Waals surface area contributed by atoms with Crippen LogP contribution in [0, 0.1) is 0 Å². The number of likely N-dealkylation sites (tertiary alicyclic amines) is 1. The summed E-state index contributed by atoms with van der Waals surface area (Å²) in [6, 6.07) is 6.00. The zero-order chi connectivity index (χ0) is 14.5. The van der Waals surface area contributed by atoms with Gasteiger partial charge < -0.3 is 10.4 Å². The summed E-state index contributed by atoms with van der Waals surface area (Å²) >= 11 is 0. The fraction of sp³-hybridized carbons (Fsp3) is 0.357. The molecule has 0 saturated carbocycles. The Hall–Kier alpha value is -2.21. The first-order valence-electron chi connectivity index (χ1n) is 6.42. The molecule has 2 rings (SSSR count). The zero-order valence-electron chi connectivity index (χ0n) is 11.0. The second-order valence-corrected chi connectivity index (χ2v) is 4.75. The molecule has 0 aliphatic carbocycles. The highest BCUT2D eigenvalue weighted by Gasteiger charge is 2.18. The smallest absolute Gasteiger partial charge is 0.335 e. The van der Waals surface area contributed by atoms with Crippen LogP contribution < -0.4 is 5.32 Å². The minimum atomic E-state index is -0.999. The number of carboxylic acid groups (broad SMARTS) is 1. The van der Waals surface area contributed by atoms with Crippen LogP contribution in [0.25, 0.3) is 0 Å². The Kier molecular flexibility index (Phi) is 4.47. The second kappa shape index (κ2) is 6.29. The molecule has 0 radical (unpaired) electrons. The van der Waals surface area contributed by atoms with E-state index in [0.29, 0.717) is 31.6 Å². The van der Waals surface area contributed by atoms with Gasteiger partial charge in [0.15, 0.2) is 0 Å². The quantitative estimate of drug-likeness (QED) is 0.856. The number of benzene rings is 1. The molecule has 0 atom stereocenters. The third-order valence-electron chi connectivity index (χ3n) is 3.20. The highest BCUT2D eigenvalue weighted by Crippen LogP contribution is 2.10. The third-order valence-corrected chi connectivity index (χ3v) is 3.20. The third kappa shape index (κ3) is 3.89. The molecule has 0 bridgehead atoms. The van der Waals surface area contributed by atoms with E-state index in [1.807, 2.05) is 4.90 Å². The van der Waals surface area contributed by atoms with Gasteiger partial charge in [0.25, 0.3) is 0 Å². The maximum Gasteiger partial charge on any atom is 0.335 e. The molecule has 1 aliphatic rings. The molecule has 1 aliphatic heterocycles. The van der Waals surface area contributed by atoms with Gasteiger partial charge in [0.2, 0.25) is 5.91 Å². The predicted molar refractivity (Wildman–Crippen MR) is 72.7 cm³/mol. The number of hydrogen-bond acceptors (Lipinski definition) is 4. The number of rotatable bonds is 4. The Morgan fingerprint density at radius 1 is 1.15 bits per heavy atom. The van der Waals surface area contributed by atoms with Gasteiger partial charge in [-0.1, -0.05) is 0 Å². The van der Waals surface area contributed by atoms with Crippen molar-refractivity contribution in [1.29, 1.82) is 0 Å². The van der Waals surface area contributed by atoms with E-state index in [0.717, 1.165) is 0 Å². The number of anilines is 1. The number of nitrogens with zero attached hydrogens (tertiary/aromatic N) is 1. The SMILES string of the molecule is O=C1CCN(CC(=O)Nc2ccc(C(=O)O)cc2)CC1. The lowest BCUT2D eigenvalue weighted by molar-refractivity contribution is -0.124. The number of ketones is 1. The van der Waals surface area contributed by atoms with Crippen molar-refractivity contribution in [3.05, 3.63) is 29.8 Å². The average Bonchev–Trinajstić information content (AvgIpc) is 2.42. The van der Waals surface area contributed by atoms with Crippen LogP contribution in [0.1, 0.15) is 23.2 Å². The van der Waals surface area contributed by atoms with Crippen LogP contribution in [0.4, 0.5) is 5.69 Å². The van der Waals surface area contributed by atoms with Crippen LogP contribution in [-0.4, -0.2) is 47.3 Å². The number of Topliss-reactive ketones (excluding diaryl/α,β-unsaturated/α-hetero) is 1. The van der Waals surface area contributed by atoms with Crippen LogP contribution in [0.15, 0.2) is 24.3 Å². The highest BCUT2D eigenvalue weighted by atomic mass is 16.4. The lowest BCUT2D eigenvalue weighted by Crippen LogP contribution is -2.39. The van der Waals surface area contributed by atoms with E-state index < -0.39 is 5.97 Å². The first-order chi connectivity index (χ1) is 9.54. The van der Waals surface area contributed by atoms with E-state index in [1.54, 1.807) is 12.1 Å². The number of hydrogen-bond donors (Lipinski definition) is 2. The van der Waals surface area contributed by atoms with Crippen molar-refractivity contribution in [3.63, 3.8) is 0 Å². The molecule has 0 spiro atoms. The molecule has 0 aromatic heterocycles. The van der Waals surface area contributed by atoms with Crippen molar-refractivity contribution in [2.24, 2.45) is 0 Å². The zero-order valence-corrected chi connectivity index (χ0v) is 11.0. The number of amides is 1. The topological polar surface area (TPSA) is 86.7 Å². The minimum Gasteiger partial charge on any atom is -0.478 e. The summed E-state index contributed by atoms with van der Waals surface area (Å²) in [5.41, 5.74) is 0.741. The lowest BCUT2D eigenvalue weighted by Gasteiger charge is -2.24. The van der Waals surface area contributed by atoms with Crippen molar-refractivity contribution in [3.8, 4) is 0 Å². The summed E-state index contributed by atoms with van der Waals surface area (Å²) in [6.07, 6.45) is 1.00. The van der Waals surface area contributed by atoms with Gasteiger partial charge in [-0.2, -0.15) is 0 Å². The summed E-state index contributed by atoms with van der Waals surface area (Å²) in [5.74, 6) is -0.922. The molecular weight excluding hydrogens is 260 g/mol. The van der Waals surface area contributed by atoms with Gasteiger partial charge in [0.05, 0.1) is 12.1 Å². The van der Waals surface area contributed by atoms with Crippen LogP contribution >= 0.6 is 0 Å². The van der Waals surface area contributed by atoms with Crippen molar-refractivity contribution >= 4 is 23.3 Å². The molecule has 20 heavy (non-hydrogen) atoms. The Labute approximate surface area is 116 Å². The van der Waals surface area contributed by atoms with Crippen LogP contribution in [0.3, 0.4) is 0 Å². The van der Waals surface area contributed by atoms with Crippen molar-refractivity contribution < 1.29 is 19.5 Å². The molecule has 6 nitrogen and oxygen atoms in total. The summed E-state index contributed by atoms with van der Waals surface area (Å²) in [5, 5.41) is 11.5. The van der Waals surface area contributed by atoms with Crippen molar-refractivity contribution in [1.82, 2.24) is 4.90 Å². The Balaban J connectivity index is 1.85. The lowest BCUT2D eigenvalue weighted by atomic mass is 10.1. The summed E-state index contributed by atoms with van der Waals surface area (Å²) in [4.78, 5) is 35.6. The number of piperidine rings is 1. The summed E-state index contributed by atoms with van der Waals surface area (Å²) in [6.45, 7) is 1.47. The number of aromatic carboxylic acids is 1. The second-order valence-electron chi connectivity index (χ2n) is 4.75. The van der Waals surface area contributed by atoms with Gasteiger partial charge in [-0.15, -0.1) is 0 Å². The first kappa shape index (κ1) is 14.2. The van der Waals surface area contributed by atoms with E-state index in [1.165, 1.54) is 12.1 Å². The Bertz CT molecular complexity index is 514. The molecule has 1 fully saturated rings.